The van der Waals surface area contributed by atoms with Crippen molar-refractivity contribution in [1.82, 2.24) is 0 Å². The Bertz CT molecular complexity index is 1020. The van der Waals surface area contributed by atoms with Gasteiger partial charge in [-0.3, -0.25) is 0 Å². The highest BCUT2D eigenvalue weighted by atomic mass is 16.7. The Kier molecular flexibility index (Phi) is 7.38. The van der Waals surface area contributed by atoms with Gasteiger partial charge in [0.15, 0.2) is 0 Å². The molecule has 0 saturated carbocycles. The molecular formula is C29H28O2. The van der Waals surface area contributed by atoms with E-state index in [9.17, 15) is 0 Å². The van der Waals surface area contributed by atoms with E-state index in [4.69, 9.17) is 9.47 Å². The smallest absolute Gasteiger partial charge is 0.230 e. The van der Waals surface area contributed by atoms with E-state index >= 15 is 0 Å². The van der Waals surface area contributed by atoms with Crippen molar-refractivity contribution in [3.63, 3.8) is 0 Å². The molecule has 0 spiro atoms. The molecule has 2 nitrogen and oxygen atoms in total. The third-order valence-electron chi connectivity index (χ3n) is 5.39. The zero-order valence-corrected chi connectivity index (χ0v) is 17.7. The van der Waals surface area contributed by atoms with E-state index in [1.54, 1.807) is 0 Å². The molecule has 0 atom stereocenters. The van der Waals surface area contributed by atoms with Crippen LogP contribution in [0.15, 0.2) is 109 Å². The molecule has 4 rings (SSSR count). The lowest BCUT2D eigenvalue weighted by atomic mass is 10.0. The van der Waals surface area contributed by atoms with Crippen molar-refractivity contribution in [2.24, 2.45) is 0 Å². The normalized spacial score (nSPS) is 10.6. The van der Waals surface area contributed by atoms with Gasteiger partial charge in [0.1, 0.15) is 11.5 Å². The minimum absolute atomic E-state index is 0.208. The molecule has 4 aromatic carbocycles. The van der Waals surface area contributed by atoms with Crippen LogP contribution in [0.1, 0.15) is 22.3 Å². The number of rotatable bonds is 10. The fraction of sp³-hybridized carbons (Fsp3) is 0.172. The van der Waals surface area contributed by atoms with Gasteiger partial charge in [0, 0.05) is 0 Å². The van der Waals surface area contributed by atoms with Crippen LogP contribution in [0.5, 0.6) is 11.5 Å². The third kappa shape index (κ3) is 6.75. The zero-order chi connectivity index (χ0) is 21.1. The quantitative estimate of drug-likeness (QED) is 0.273. The summed E-state index contributed by atoms with van der Waals surface area (Å²) in [7, 11) is 0. The van der Waals surface area contributed by atoms with Gasteiger partial charge in [-0.2, -0.15) is 0 Å². The van der Waals surface area contributed by atoms with E-state index in [1.165, 1.54) is 22.3 Å². The largest absolute Gasteiger partial charge is 0.458 e. The molecule has 0 saturated heterocycles. The minimum atomic E-state index is 0.208. The number of para-hydroxylation sites is 1. The predicted octanol–water partition coefficient (Wildman–Crippen LogP) is 6.67. The predicted molar refractivity (Wildman–Crippen MR) is 127 cm³/mol. The summed E-state index contributed by atoms with van der Waals surface area (Å²) in [4.78, 5) is 0. The Morgan fingerprint density at radius 3 is 1.19 bits per heavy atom. The highest BCUT2D eigenvalue weighted by Gasteiger charge is 2.00. The van der Waals surface area contributed by atoms with Crippen molar-refractivity contribution in [3.8, 4) is 11.5 Å². The lowest BCUT2D eigenvalue weighted by Crippen LogP contribution is -2.05. The highest BCUT2D eigenvalue weighted by molar-refractivity contribution is 5.29. The Balaban J connectivity index is 1.20. The maximum atomic E-state index is 5.67. The van der Waals surface area contributed by atoms with Crippen LogP contribution < -0.4 is 9.47 Å². The van der Waals surface area contributed by atoms with Crippen molar-refractivity contribution in [3.05, 3.63) is 131 Å². The van der Waals surface area contributed by atoms with Crippen LogP contribution in [-0.2, 0) is 25.7 Å². The minimum Gasteiger partial charge on any atom is -0.458 e. The Morgan fingerprint density at radius 1 is 0.355 bits per heavy atom. The molecule has 0 aliphatic heterocycles. The van der Waals surface area contributed by atoms with Gasteiger partial charge in [-0.15, -0.1) is 0 Å². The van der Waals surface area contributed by atoms with Gasteiger partial charge in [0.25, 0.3) is 0 Å². The topological polar surface area (TPSA) is 18.5 Å². The van der Waals surface area contributed by atoms with Gasteiger partial charge in [0.05, 0.1) is 0 Å². The molecule has 4 aromatic rings. The average Bonchev–Trinajstić information content (AvgIpc) is 2.84. The van der Waals surface area contributed by atoms with Gasteiger partial charge < -0.3 is 9.47 Å². The number of aryl methyl sites for hydroxylation is 4. The van der Waals surface area contributed by atoms with E-state index in [0.717, 1.165) is 37.2 Å². The third-order valence-corrected chi connectivity index (χ3v) is 5.39. The molecule has 0 fully saturated rings. The SMILES string of the molecule is c1ccc(CCc2ccc(CCc3ccc(OCOc4ccccc4)cc3)cc2)cc1. The second-order valence-electron chi connectivity index (χ2n) is 7.67. The van der Waals surface area contributed by atoms with E-state index in [-0.39, 0.29) is 6.79 Å². The summed E-state index contributed by atoms with van der Waals surface area (Å²) >= 11 is 0. The second-order valence-corrected chi connectivity index (χ2v) is 7.67. The van der Waals surface area contributed by atoms with E-state index in [2.05, 4.69) is 66.7 Å². The summed E-state index contributed by atoms with van der Waals surface area (Å²) in [5.74, 6) is 1.63. The Hall–Kier alpha value is -3.52. The molecule has 0 aliphatic rings. The first-order chi connectivity index (χ1) is 15.3. The highest BCUT2D eigenvalue weighted by Crippen LogP contribution is 2.16. The first-order valence-electron chi connectivity index (χ1n) is 10.9. The maximum absolute atomic E-state index is 5.67. The fourth-order valence-corrected chi connectivity index (χ4v) is 3.53. The first-order valence-corrected chi connectivity index (χ1v) is 10.9. The molecule has 31 heavy (non-hydrogen) atoms. The number of benzene rings is 4. The maximum Gasteiger partial charge on any atom is 0.230 e. The summed E-state index contributed by atoms with van der Waals surface area (Å²) in [5, 5.41) is 0. The molecule has 0 aromatic heterocycles. The molecular weight excluding hydrogens is 380 g/mol. The van der Waals surface area contributed by atoms with Gasteiger partial charge in [-0.1, -0.05) is 84.9 Å². The van der Waals surface area contributed by atoms with Crippen LogP contribution in [-0.4, -0.2) is 6.79 Å². The van der Waals surface area contributed by atoms with E-state index in [1.807, 2.05) is 42.5 Å². The summed E-state index contributed by atoms with van der Waals surface area (Å²) in [6.45, 7) is 0.208. The lowest BCUT2D eigenvalue weighted by molar-refractivity contribution is 0.120. The molecule has 0 unspecified atom stereocenters. The van der Waals surface area contributed by atoms with Crippen molar-refractivity contribution >= 4 is 0 Å². The Morgan fingerprint density at radius 2 is 0.710 bits per heavy atom. The van der Waals surface area contributed by atoms with Gasteiger partial charge in [0.2, 0.25) is 6.79 Å². The van der Waals surface area contributed by atoms with Crippen molar-refractivity contribution in [2.75, 3.05) is 6.79 Å². The second kappa shape index (κ2) is 11.0. The van der Waals surface area contributed by atoms with E-state index in [0.29, 0.717) is 0 Å². The fourth-order valence-electron chi connectivity index (χ4n) is 3.53. The molecule has 0 radical (unpaired) electrons. The lowest BCUT2D eigenvalue weighted by Gasteiger charge is -2.09. The monoisotopic (exact) mass is 408 g/mol. The van der Waals surface area contributed by atoms with Crippen LogP contribution >= 0.6 is 0 Å². The summed E-state index contributed by atoms with van der Waals surface area (Å²) in [6, 6.07) is 37.7. The summed E-state index contributed by atoms with van der Waals surface area (Å²) in [5.41, 5.74) is 5.47. The average molecular weight is 409 g/mol. The van der Waals surface area contributed by atoms with Crippen molar-refractivity contribution in [2.45, 2.75) is 25.7 Å². The van der Waals surface area contributed by atoms with Crippen LogP contribution in [0.4, 0.5) is 0 Å². The first kappa shape index (κ1) is 20.7. The molecule has 0 heterocycles. The summed E-state index contributed by atoms with van der Waals surface area (Å²) in [6.07, 6.45) is 4.23. The molecule has 156 valence electrons. The molecule has 0 aliphatic carbocycles. The van der Waals surface area contributed by atoms with Crippen molar-refractivity contribution in [1.29, 1.82) is 0 Å². The van der Waals surface area contributed by atoms with Gasteiger partial charge in [-0.25, -0.2) is 0 Å². The number of ether oxygens (including phenoxy) is 2. The molecule has 2 heteroatoms. The zero-order valence-electron chi connectivity index (χ0n) is 17.7. The van der Waals surface area contributed by atoms with Crippen LogP contribution in [0, 0.1) is 0 Å². The molecule has 0 N–H and O–H groups in total. The summed E-state index contributed by atoms with van der Waals surface area (Å²) < 4.78 is 11.2. The standard InChI is InChI=1S/C29H28O2/c1-3-7-24(8-4-1)11-12-25-13-15-26(16-14-25)17-18-27-19-21-29(22-20-27)31-23-30-28-9-5-2-6-10-28/h1-10,13-16,19-22H,11-12,17-18,23H2. The molecule has 0 bridgehead atoms. The van der Waals surface area contributed by atoms with Crippen LogP contribution in [0.25, 0.3) is 0 Å². The van der Waals surface area contributed by atoms with Crippen LogP contribution in [0.2, 0.25) is 0 Å². The van der Waals surface area contributed by atoms with Crippen LogP contribution in [0.3, 0.4) is 0 Å². The van der Waals surface area contributed by atoms with Gasteiger partial charge >= 0.3 is 0 Å². The van der Waals surface area contributed by atoms with E-state index < -0.39 is 0 Å². The van der Waals surface area contributed by atoms with Gasteiger partial charge in [-0.05, 0) is 72.2 Å². The molecule has 0 amide bonds. The van der Waals surface area contributed by atoms with Crippen molar-refractivity contribution < 1.29 is 9.47 Å². The number of hydrogen-bond donors (Lipinski definition) is 0. The number of hydrogen-bond acceptors (Lipinski definition) is 2. The Labute approximate surface area is 185 Å².